The zero-order valence-corrected chi connectivity index (χ0v) is 16.8. The zero-order valence-electron chi connectivity index (χ0n) is 16.0. The number of thiophene rings is 1. The molecule has 0 aliphatic carbocycles. The van der Waals surface area contributed by atoms with Gasteiger partial charge in [0.2, 0.25) is 0 Å². The Kier molecular flexibility index (Phi) is 7.59. The van der Waals surface area contributed by atoms with Crippen LogP contribution in [0.15, 0.2) is 34.6 Å². The van der Waals surface area contributed by atoms with E-state index in [1.54, 1.807) is 39.7 Å². The van der Waals surface area contributed by atoms with Crippen LogP contribution in [0.2, 0.25) is 0 Å². The van der Waals surface area contributed by atoms with Gasteiger partial charge in [-0.1, -0.05) is 13.0 Å². The van der Waals surface area contributed by atoms with Crippen molar-refractivity contribution in [2.45, 2.75) is 19.4 Å². The van der Waals surface area contributed by atoms with Crippen molar-refractivity contribution in [1.82, 2.24) is 10.6 Å². The second kappa shape index (κ2) is 9.91. The number of nitrogens with zero attached hydrogens (tertiary/aromatic N) is 1. The van der Waals surface area contributed by atoms with Crippen molar-refractivity contribution in [3.8, 4) is 17.2 Å². The van der Waals surface area contributed by atoms with Gasteiger partial charge in [-0.3, -0.25) is 4.99 Å². The number of guanidine groups is 1. The Bertz CT molecular complexity index is 717. The highest BCUT2D eigenvalue weighted by Crippen LogP contribution is 2.34. The molecule has 0 fully saturated rings. The maximum atomic E-state index is 5.47. The molecule has 0 bridgehead atoms. The van der Waals surface area contributed by atoms with E-state index in [0.29, 0.717) is 24.0 Å². The van der Waals surface area contributed by atoms with Crippen molar-refractivity contribution in [2.75, 3.05) is 34.9 Å². The molecule has 0 saturated heterocycles. The minimum Gasteiger partial charge on any atom is -0.496 e. The van der Waals surface area contributed by atoms with Crippen LogP contribution in [0.5, 0.6) is 17.2 Å². The second-order valence-electron chi connectivity index (χ2n) is 5.74. The molecule has 1 atom stereocenters. The van der Waals surface area contributed by atoms with Gasteiger partial charge in [-0.2, -0.15) is 0 Å². The van der Waals surface area contributed by atoms with Crippen molar-refractivity contribution in [1.29, 1.82) is 0 Å². The number of aliphatic imine (C=N–C) groups is 1. The molecule has 142 valence electrons. The first-order valence-corrected chi connectivity index (χ1v) is 9.27. The van der Waals surface area contributed by atoms with E-state index in [9.17, 15) is 0 Å². The Balaban J connectivity index is 1.99. The summed E-state index contributed by atoms with van der Waals surface area (Å²) in [7, 11) is 6.63. The monoisotopic (exact) mass is 377 g/mol. The number of benzene rings is 1. The number of nitrogens with one attached hydrogen (secondary N) is 2. The number of hydrogen-bond acceptors (Lipinski definition) is 5. The molecule has 0 spiro atoms. The third-order valence-electron chi connectivity index (χ3n) is 4.06. The molecule has 1 aromatic heterocycles. The van der Waals surface area contributed by atoms with Gasteiger partial charge in [0, 0.05) is 42.6 Å². The Morgan fingerprint density at radius 3 is 2.35 bits per heavy atom. The molecule has 26 heavy (non-hydrogen) atoms. The van der Waals surface area contributed by atoms with E-state index in [2.05, 4.69) is 40.1 Å². The average molecular weight is 378 g/mol. The van der Waals surface area contributed by atoms with E-state index in [-0.39, 0.29) is 0 Å². The molecule has 1 heterocycles. The summed E-state index contributed by atoms with van der Waals surface area (Å²) in [5.74, 6) is 3.20. The van der Waals surface area contributed by atoms with Crippen LogP contribution in [0.1, 0.15) is 23.3 Å². The maximum absolute atomic E-state index is 5.47. The summed E-state index contributed by atoms with van der Waals surface area (Å²) < 4.78 is 16.2. The lowest BCUT2D eigenvalue weighted by atomic mass is 10.1. The Labute approximate surface area is 159 Å². The predicted octanol–water partition coefficient (Wildman–Crippen LogP) is 3.24. The normalized spacial score (nSPS) is 12.4. The van der Waals surface area contributed by atoms with Gasteiger partial charge in [-0.05, 0) is 17.5 Å². The van der Waals surface area contributed by atoms with Gasteiger partial charge in [-0.15, -0.1) is 11.3 Å². The van der Waals surface area contributed by atoms with E-state index in [1.165, 1.54) is 4.88 Å². The van der Waals surface area contributed by atoms with E-state index < -0.39 is 0 Å². The van der Waals surface area contributed by atoms with Gasteiger partial charge < -0.3 is 24.8 Å². The topological polar surface area (TPSA) is 64.1 Å². The fraction of sp³-hybridized carbons (Fsp3) is 0.421. The average Bonchev–Trinajstić information content (AvgIpc) is 3.22. The van der Waals surface area contributed by atoms with E-state index in [0.717, 1.165) is 23.8 Å². The fourth-order valence-corrected chi connectivity index (χ4v) is 3.34. The van der Waals surface area contributed by atoms with Gasteiger partial charge in [0.15, 0.2) is 17.5 Å². The SMILES string of the molecule is CN=C(NCc1cc(OC)c(OC)cc1OC)NCC(C)c1cccs1. The summed E-state index contributed by atoms with van der Waals surface area (Å²) in [5.41, 5.74) is 0.958. The van der Waals surface area contributed by atoms with Gasteiger partial charge in [0.1, 0.15) is 5.75 Å². The van der Waals surface area contributed by atoms with Gasteiger partial charge in [0.25, 0.3) is 0 Å². The Morgan fingerprint density at radius 2 is 1.77 bits per heavy atom. The Hall–Kier alpha value is -2.41. The number of rotatable bonds is 8. The van der Waals surface area contributed by atoms with Crippen LogP contribution in [0, 0.1) is 0 Å². The standard InChI is InChI=1S/C19H27N3O3S/c1-13(18-7-6-8-26-18)11-21-19(20-2)22-12-14-9-16(24-4)17(25-5)10-15(14)23-3/h6-10,13H,11-12H2,1-5H3,(H2,20,21,22). The molecule has 1 unspecified atom stereocenters. The molecule has 2 rings (SSSR count). The third-order valence-corrected chi connectivity index (χ3v) is 5.16. The molecule has 0 saturated carbocycles. The van der Waals surface area contributed by atoms with Crippen molar-refractivity contribution in [3.05, 3.63) is 40.1 Å². The summed E-state index contributed by atoms with van der Waals surface area (Å²) in [5, 5.41) is 8.78. The molecule has 0 radical (unpaired) electrons. The summed E-state index contributed by atoms with van der Waals surface area (Å²) >= 11 is 1.77. The van der Waals surface area contributed by atoms with Crippen molar-refractivity contribution >= 4 is 17.3 Å². The number of ether oxygens (including phenoxy) is 3. The molecule has 0 amide bonds. The first-order valence-electron chi connectivity index (χ1n) is 8.39. The zero-order chi connectivity index (χ0) is 18.9. The van der Waals surface area contributed by atoms with E-state index >= 15 is 0 Å². The van der Waals surface area contributed by atoms with E-state index in [1.807, 2.05) is 12.1 Å². The van der Waals surface area contributed by atoms with Crippen molar-refractivity contribution in [2.24, 2.45) is 4.99 Å². The lowest BCUT2D eigenvalue weighted by Gasteiger charge is -2.17. The van der Waals surface area contributed by atoms with Gasteiger partial charge >= 0.3 is 0 Å². The Morgan fingerprint density at radius 1 is 1.08 bits per heavy atom. The highest BCUT2D eigenvalue weighted by molar-refractivity contribution is 7.10. The van der Waals surface area contributed by atoms with Gasteiger partial charge in [-0.25, -0.2) is 0 Å². The van der Waals surface area contributed by atoms with Crippen LogP contribution in [0.3, 0.4) is 0 Å². The van der Waals surface area contributed by atoms with E-state index in [4.69, 9.17) is 14.2 Å². The smallest absolute Gasteiger partial charge is 0.191 e. The van der Waals surface area contributed by atoms with Crippen LogP contribution in [-0.4, -0.2) is 40.9 Å². The maximum Gasteiger partial charge on any atom is 0.191 e. The third kappa shape index (κ3) is 5.05. The summed E-state index contributed by atoms with van der Waals surface area (Å²) in [6, 6.07) is 7.96. The van der Waals surface area contributed by atoms with Crippen LogP contribution in [-0.2, 0) is 6.54 Å². The molecule has 0 aliphatic rings. The highest BCUT2D eigenvalue weighted by atomic mass is 32.1. The predicted molar refractivity (Wildman–Crippen MR) is 107 cm³/mol. The summed E-state index contributed by atoms with van der Waals surface area (Å²) in [6.07, 6.45) is 0. The van der Waals surface area contributed by atoms with Crippen LogP contribution < -0.4 is 24.8 Å². The summed E-state index contributed by atoms with van der Waals surface area (Å²) in [6.45, 7) is 3.56. The minimum absolute atomic E-state index is 0.421. The molecular weight excluding hydrogens is 350 g/mol. The first kappa shape index (κ1) is 19.9. The fourth-order valence-electron chi connectivity index (χ4n) is 2.55. The van der Waals surface area contributed by atoms with Crippen LogP contribution >= 0.6 is 11.3 Å². The van der Waals surface area contributed by atoms with Gasteiger partial charge in [0.05, 0.1) is 21.3 Å². The number of hydrogen-bond donors (Lipinski definition) is 2. The van der Waals surface area contributed by atoms with Crippen molar-refractivity contribution < 1.29 is 14.2 Å². The lowest BCUT2D eigenvalue weighted by Crippen LogP contribution is -2.38. The molecule has 2 N–H and O–H groups in total. The minimum atomic E-state index is 0.421. The largest absolute Gasteiger partial charge is 0.496 e. The lowest BCUT2D eigenvalue weighted by molar-refractivity contribution is 0.347. The van der Waals surface area contributed by atoms with Crippen molar-refractivity contribution in [3.63, 3.8) is 0 Å². The van der Waals surface area contributed by atoms with Crippen LogP contribution in [0.25, 0.3) is 0 Å². The van der Waals surface area contributed by atoms with Crippen LogP contribution in [0.4, 0.5) is 0 Å². The number of methoxy groups -OCH3 is 3. The first-order chi connectivity index (χ1) is 12.6. The highest BCUT2D eigenvalue weighted by Gasteiger charge is 2.13. The molecule has 0 aliphatic heterocycles. The summed E-state index contributed by atoms with van der Waals surface area (Å²) in [4.78, 5) is 5.65. The molecule has 1 aromatic carbocycles. The second-order valence-corrected chi connectivity index (χ2v) is 6.72. The molecule has 7 heteroatoms. The molecular formula is C19H27N3O3S. The quantitative estimate of drug-likeness (QED) is 0.546. The molecule has 2 aromatic rings. The molecule has 6 nitrogen and oxygen atoms in total.